The Labute approximate surface area is 178 Å². The van der Waals surface area contributed by atoms with Crippen LogP contribution in [-0.2, 0) is 14.3 Å². The Kier molecular flexibility index (Phi) is 6.24. The lowest BCUT2D eigenvalue weighted by Crippen LogP contribution is -2.61. The van der Waals surface area contributed by atoms with Gasteiger partial charge in [0, 0.05) is 9.95 Å². The van der Waals surface area contributed by atoms with E-state index in [1.807, 2.05) is 0 Å². The Morgan fingerprint density at radius 3 is 2.33 bits per heavy atom. The van der Waals surface area contributed by atoms with Crippen molar-refractivity contribution in [2.24, 2.45) is 11.8 Å². The van der Waals surface area contributed by atoms with Gasteiger partial charge in [-0.1, -0.05) is 54.1 Å². The second-order valence-electron chi connectivity index (χ2n) is 7.68. The molecule has 0 spiro atoms. The number of hydrogen-bond acceptors (Lipinski definition) is 6. The molecule has 0 aliphatic heterocycles. The minimum Gasteiger partial charge on any atom is -0.469 e. The molecular weight excluding hydrogens is 410 g/mol. The van der Waals surface area contributed by atoms with Crippen LogP contribution in [0.1, 0.15) is 29.9 Å². The van der Waals surface area contributed by atoms with Gasteiger partial charge in [0.25, 0.3) is 0 Å². The van der Waals surface area contributed by atoms with Gasteiger partial charge >= 0.3 is 5.97 Å². The minimum absolute atomic E-state index is 0.339. The van der Waals surface area contributed by atoms with Gasteiger partial charge in [0.05, 0.1) is 36.4 Å². The molecule has 0 saturated heterocycles. The predicted octanol–water partition coefficient (Wildman–Crippen LogP) is 3.22. The van der Waals surface area contributed by atoms with Crippen molar-refractivity contribution in [3.63, 3.8) is 0 Å². The second kappa shape index (κ2) is 8.53. The summed E-state index contributed by atoms with van der Waals surface area (Å²) in [6.45, 7) is 1.36. The van der Waals surface area contributed by atoms with Gasteiger partial charge in [0.1, 0.15) is 6.29 Å². The van der Waals surface area contributed by atoms with Gasteiger partial charge in [-0.15, -0.1) is 0 Å². The van der Waals surface area contributed by atoms with E-state index in [9.17, 15) is 24.8 Å². The quantitative estimate of drug-likeness (QED) is 0.337. The fraction of sp³-hybridized carbons (Fsp3) is 0.364. The molecule has 2 aromatic rings. The van der Waals surface area contributed by atoms with E-state index in [-0.39, 0.29) is 0 Å². The molecule has 3 rings (SSSR count). The summed E-state index contributed by atoms with van der Waals surface area (Å²) in [6, 6.07) is 13.6. The smallest absolute Gasteiger partial charge is 0.312 e. The van der Waals surface area contributed by atoms with Crippen molar-refractivity contribution < 1.29 is 24.4 Å². The maximum Gasteiger partial charge on any atom is 0.312 e. The fourth-order valence-corrected chi connectivity index (χ4v) is 4.95. The highest BCUT2D eigenvalue weighted by molar-refractivity contribution is 6.30. The Bertz CT molecular complexity index is 948. The highest BCUT2D eigenvalue weighted by atomic mass is 35.5. The van der Waals surface area contributed by atoms with E-state index >= 15 is 0 Å². The third-order valence-corrected chi connectivity index (χ3v) is 6.28. The van der Waals surface area contributed by atoms with Crippen molar-refractivity contribution in [2.45, 2.75) is 30.4 Å². The summed E-state index contributed by atoms with van der Waals surface area (Å²) in [6.07, 6.45) is 0.498. The molecule has 158 valence electrons. The topological polar surface area (TPSA) is 107 Å². The van der Waals surface area contributed by atoms with Crippen molar-refractivity contribution in [1.82, 2.24) is 0 Å². The van der Waals surface area contributed by atoms with E-state index in [2.05, 4.69) is 0 Å². The molecule has 0 radical (unpaired) electrons. The highest BCUT2D eigenvalue weighted by Crippen LogP contribution is 2.53. The molecule has 1 saturated carbocycles. The molecule has 30 heavy (non-hydrogen) atoms. The molecule has 0 heterocycles. The number of carbonyl (C=O) groups is 2. The molecule has 6 atom stereocenters. The van der Waals surface area contributed by atoms with E-state index in [1.54, 1.807) is 48.5 Å². The normalized spacial score (nSPS) is 31.0. The van der Waals surface area contributed by atoms with E-state index in [0.29, 0.717) is 22.4 Å². The van der Waals surface area contributed by atoms with Crippen LogP contribution in [0.25, 0.3) is 0 Å². The van der Waals surface area contributed by atoms with Crippen molar-refractivity contribution >= 4 is 23.9 Å². The maximum atomic E-state index is 12.8. The average molecular weight is 432 g/mol. The number of nitro groups is 1. The van der Waals surface area contributed by atoms with Crippen LogP contribution in [0.5, 0.6) is 0 Å². The number of ether oxygens (including phenoxy) is 1. The summed E-state index contributed by atoms with van der Waals surface area (Å²) in [5, 5.41) is 24.1. The zero-order chi connectivity index (χ0) is 22.1. The first-order valence-corrected chi connectivity index (χ1v) is 9.81. The number of benzene rings is 2. The van der Waals surface area contributed by atoms with Crippen LogP contribution in [0, 0.1) is 22.0 Å². The Balaban J connectivity index is 2.32. The predicted molar refractivity (Wildman–Crippen MR) is 110 cm³/mol. The van der Waals surface area contributed by atoms with Crippen molar-refractivity contribution in [3.8, 4) is 0 Å². The molecule has 0 unspecified atom stereocenters. The number of halogens is 1. The number of nitrogens with zero attached hydrogens (tertiary/aromatic N) is 1. The van der Waals surface area contributed by atoms with Crippen LogP contribution in [0.15, 0.2) is 54.6 Å². The van der Waals surface area contributed by atoms with E-state index in [4.69, 9.17) is 16.3 Å². The third-order valence-electron chi connectivity index (χ3n) is 6.05. The molecule has 1 aliphatic rings. The SMILES string of the molecule is COC(=O)[C@H]1[C@H](c2cccc(Cl)c2)[C@H]([N+](=O)[O-])[C@H](c2ccccc2)[C@@H](C=O)[C@@]1(C)O. The lowest BCUT2D eigenvalue weighted by atomic mass is 9.55. The summed E-state index contributed by atoms with van der Waals surface area (Å²) in [4.78, 5) is 36.8. The van der Waals surface area contributed by atoms with E-state index in [1.165, 1.54) is 13.0 Å². The molecule has 0 amide bonds. The summed E-state index contributed by atoms with van der Waals surface area (Å²) < 4.78 is 4.90. The molecule has 1 N–H and O–H groups in total. The highest BCUT2D eigenvalue weighted by Gasteiger charge is 2.64. The van der Waals surface area contributed by atoms with Gasteiger partial charge < -0.3 is 14.6 Å². The number of esters is 1. The number of hydrogen-bond donors (Lipinski definition) is 1. The zero-order valence-electron chi connectivity index (χ0n) is 16.5. The summed E-state index contributed by atoms with van der Waals surface area (Å²) >= 11 is 6.13. The van der Waals surface area contributed by atoms with Gasteiger partial charge in [0.2, 0.25) is 6.04 Å². The molecule has 8 heteroatoms. The fourth-order valence-electron chi connectivity index (χ4n) is 4.75. The zero-order valence-corrected chi connectivity index (χ0v) is 17.2. The number of rotatable bonds is 5. The Hall–Kier alpha value is -2.77. The number of aldehydes is 1. The van der Waals surface area contributed by atoms with Crippen molar-refractivity contribution in [2.75, 3.05) is 7.11 Å². The molecule has 7 nitrogen and oxygen atoms in total. The van der Waals surface area contributed by atoms with Crippen molar-refractivity contribution in [1.29, 1.82) is 0 Å². The lowest BCUT2D eigenvalue weighted by Gasteiger charge is -2.49. The van der Waals surface area contributed by atoms with Crippen LogP contribution in [0.3, 0.4) is 0 Å². The summed E-state index contributed by atoms with van der Waals surface area (Å²) in [5.74, 6) is -5.39. The van der Waals surface area contributed by atoms with Crippen LogP contribution in [0.2, 0.25) is 5.02 Å². The first-order valence-electron chi connectivity index (χ1n) is 9.43. The summed E-state index contributed by atoms with van der Waals surface area (Å²) in [7, 11) is 1.15. The van der Waals surface area contributed by atoms with Crippen LogP contribution < -0.4 is 0 Å². The Morgan fingerprint density at radius 1 is 1.17 bits per heavy atom. The number of carbonyl (C=O) groups excluding carboxylic acids is 2. The summed E-state index contributed by atoms with van der Waals surface area (Å²) in [5.41, 5.74) is -0.938. The molecule has 1 fully saturated rings. The van der Waals surface area contributed by atoms with Gasteiger partial charge in [0.15, 0.2) is 0 Å². The maximum absolute atomic E-state index is 12.8. The molecule has 2 aromatic carbocycles. The number of methoxy groups -OCH3 is 1. The van der Waals surface area contributed by atoms with E-state index in [0.717, 1.165) is 7.11 Å². The molecule has 1 aliphatic carbocycles. The van der Waals surface area contributed by atoms with Crippen LogP contribution in [-0.4, -0.2) is 41.0 Å². The second-order valence-corrected chi connectivity index (χ2v) is 8.12. The standard InChI is InChI=1S/C22H22ClNO6/c1-22(27)16(12-25)17(13-7-4-3-5-8-13)20(24(28)29)18(19(22)21(26)30-2)14-9-6-10-15(23)11-14/h3-12,16-20,27H,1-2H3/t16-,17-,18+,19-,20-,22-/m1/s1. The third kappa shape index (κ3) is 3.70. The monoisotopic (exact) mass is 431 g/mol. The first-order chi connectivity index (χ1) is 14.2. The van der Waals surface area contributed by atoms with E-state index < -0.39 is 46.2 Å². The van der Waals surface area contributed by atoms with Crippen LogP contribution in [0.4, 0.5) is 0 Å². The average Bonchev–Trinajstić information content (AvgIpc) is 2.72. The Morgan fingerprint density at radius 2 is 1.80 bits per heavy atom. The molecule has 0 bridgehead atoms. The lowest BCUT2D eigenvalue weighted by molar-refractivity contribution is -0.539. The van der Waals surface area contributed by atoms with Gasteiger partial charge in [-0.2, -0.15) is 0 Å². The molecular formula is C22H22ClNO6. The van der Waals surface area contributed by atoms with Crippen LogP contribution >= 0.6 is 11.6 Å². The van der Waals surface area contributed by atoms with Gasteiger partial charge in [-0.3, -0.25) is 14.9 Å². The molecule has 0 aromatic heterocycles. The van der Waals surface area contributed by atoms with Gasteiger partial charge in [-0.05, 0) is 30.2 Å². The largest absolute Gasteiger partial charge is 0.469 e. The van der Waals surface area contributed by atoms with Gasteiger partial charge in [-0.25, -0.2) is 0 Å². The van der Waals surface area contributed by atoms with Crippen molar-refractivity contribution in [3.05, 3.63) is 80.9 Å². The first kappa shape index (κ1) is 21.9. The minimum atomic E-state index is -1.89. The number of aliphatic hydroxyl groups is 1.